The number of rotatable bonds is 1. The molecule has 0 aliphatic carbocycles. The molecule has 2 heterocycles. The van der Waals surface area contributed by atoms with Crippen LogP contribution in [-0.2, 0) is 6.42 Å². The van der Waals surface area contributed by atoms with Crippen molar-refractivity contribution in [3.05, 3.63) is 52.5 Å². The van der Waals surface area contributed by atoms with Crippen LogP contribution in [0.2, 0.25) is 5.02 Å². The number of hydrogen-bond acceptors (Lipinski definition) is 2. The van der Waals surface area contributed by atoms with Gasteiger partial charge < -0.3 is 26.5 Å². The van der Waals surface area contributed by atoms with E-state index in [1.807, 2.05) is 24.3 Å². The Hall–Kier alpha value is -1.52. The lowest BCUT2D eigenvalue weighted by atomic mass is 10.0. The van der Waals surface area contributed by atoms with E-state index in [0.29, 0.717) is 6.79 Å². The summed E-state index contributed by atoms with van der Waals surface area (Å²) in [7, 11) is 0. The fourth-order valence-corrected chi connectivity index (χ4v) is 2.85. The fourth-order valence-electron chi connectivity index (χ4n) is 2.67. The van der Waals surface area contributed by atoms with Gasteiger partial charge in [0.15, 0.2) is 24.3 Å². The minimum Gasteiger partial charge on any atom is -1.00 e. The molecular weight excluding hydrogens is 354 g/mol. The number of benzene rings is 2. The Kier molecular flexibility index (Phi) is 3.91. The zero-order valence-electron chi connectivity index (χ0n) is 11.2. The Morgan fingerprint density at radius 2 is 1.86 bits per heavy atom. The Morgan fingerprint density at radius 3 is 2.67 bits per heavy atom. The van der Waals surface area contributed by atoms with Crippen molar-refractivity contribution < 1.29 is 31.0 Å². The number of nitrogens with zero attached hydrogens (tertiary/aromatic N) is 1. The van der Waals surface area contributed by atoms with Gasteiger partial charge in [0.1, 0.15) is 0 Å². The van der Waals surface area contributed by atoms with E-state index >= 15 is 0 Å². The van der Waals surface area contributed by atoms with Gasteiger partial charge in [-0.05, 0) is 23.8 Å². The lowest BCUT2D eigenvalue weighted by Crippen LogP contribution is -3.00. The molecule has 2 aliphatic rings. The van der Waals surface area contributed by atoms with Crippen LogP contribution in [0.4, 0.5) is 5.69 Å². The monoisotopic (exact) mass is 365 g/mol. The smallest absolute Gasteiger partial charge is 0.231 e. The second kappa shape index (κ2) is 5.70. The quantitative estimate of drug-likeness (QED) is 0.681. The van der Waals surface area contributed by atoms with Crippen molar-refractivity contribution in [1.29, 1.82) is 0 Å². The highest BCUT2D eigenvalue weighted by Gasteiger charge is 2.23. The van der Waals surface area contributed by atoms with Gasteiger partial charge in [-0.3, -0.25) is 0 Å². The maximum atomic E-state index is 6.06. The summed E-state index contributed by atoms with van der Waals surface area (Å²) in [4.78, 5) is 0. The van der Waals surface area contributed by atoms with E-state index in [-0.39, 0.29) is 17.0 Å². The highest BCUT2D eigenvalue weighted by atomic mass is 79.9. The van der Waals surface area contributed by atoms with Crippen LogP contribution >= 0.6 is 11.6 Å². The summed E-state index contributed by atoms with van der Waals surface area (Å²) in [6.45, 7) is 1.25. The largest absolute Gasteiger partial charge is 1.00 e. The van der Waals surface area contributed by atoms with Gasteiger partial charge in [-0.2, -0.15) is 4.58 Å². The molecule has 0 saturated heterocycles. The van der Waals surface area contributed by atoms with Crippen LogP contribution < -0.4 is 26.5 Å². The molecule has 2 aromatic rings. The van der Waals surface area contributed by atoms with Crippen LogP contribution in [0, 0.1) is 0 Å². The highest BCUT2D eigenvalue weighted by Crippen LogP contribution is 2.35. The summed E-state index contributed by atoms with van der Waals surface area (Å²) in [6.07, 6.45) is 3.13. The van der Waals surface area contributed by atoms with Gasteiger partial charge in [-0.15, -0.1) is 0 Å². The third kappa shape index (κ3) is 2.65. The first-order valence-electron chi connectivity index (χ1n) is 6.59. The number of fused-ring (bicyclic) bond motifs is 2. The maximum Gasteiger partial charge on any atom is 0.231 e. The number of ether oxygens (including phenoxy) is 2. The molecule has 0 fully saturated rings. The fraction of sp³-hybridized carbons (Fsp3) is 0.188. The van der Waals surface area contributed by atoms with Crippen molar-refractivity contribution in [2.75, 3.05) is 13.3 Å². The summed E-state index contributed by atoms with van der Waals surface area (Å²) >= 11 is 6.06. The lowest BCUT2D eigenvalue weighted by Gasteiger charge is -2.13. The van der Waals surface area contributed by atoms with Gasteiger partial charge >= 0.3 is 0 Å². The molecule has 108 valence electrons. The van der Waals surface area contributed by atoms with E-state index < -0.39 is 0 Å². The summed E-state index contributed by atoms with van der Waals surface area (Å²) in [6, 6.07) is 12.1. The van der Waals surface area contributed by atoms with Gasteiger partial charge in [0.05, 0.1) is 0 Å². The minimum absolute atomic E-state index is 0. The average molecular weight is 367 g/mol. The number of halogens is 2. The third-order valence-corrected chi connectivity index (χ3v) is 3.93. The second-order valence-electron chi connectivity index (χ2n) is 4.96. The molecule has 0 aromatic heterocycles. The van der Waals surface area contributed by atoms with E-state index in [2.05, 4.69) is 22.9 Å². The van der Waals surface area contributed by atoms with E-state index in [1.165, 1.54) is 11.1 Å². The van der Waals surface area contributed by atoms with E-state index in [1.54, 1.807) is 0 Å². The first-order valence-corrected chi connectivity index (χ1v) is 6.97. The second-order valence-corrected chi connectivity index (χ2v) is 5.39. The SMILES string of the molecule is Clc1cccc([N+]2=Cc3cc4c(cc3CC2)OCO4)c1.[Br-]. The summed E-state index contributed by atoms with van der Waals surface area (Å²) < 4.78 is 13.1. The van der Waals surface area contributed by atoms with Gasteiger partial charge in [0.25, 0.3) is 0 Å². The molecule has 2 aliphatic heterocycles. The Morgan fingerprint density at radius 1 is 1.05 bits per heavy atom. The first-order chi connectivity index (χ1) is 9.79. The van der Waals surface area contributed by atoms with Crippen LogP contribution in [-0.4, -0.2) is 24.1 Å². The van der Waals surface area contributed by atoms with E-state index in [4.69, 9.17) is 21.1 Å². The molecule has 0 radical (unpaired) electrons. The average Bonchev–Trinajstić information content (AvgIpc) is 2.91. The molecule has 2 aromatic carbocycles. The highest BCUT2D eigenvalue weighted by molar-refractivity contribution is 6.30. The van der Waals surface area contributed by atoms with Crippen molar-refractivity contribution in [2.24, 2.45) is 0 Å². The summed E-state index contributed by atoms with van der Waals surface area (Å²) in [5, 5.41) is 0.757. The van der Waals surface area contributed by atoms with Gasteiger partial charge in [-0.25, -0.2) is 0 Å². The van der Waals surface area contributed by atoms with Crippen molar-refractivity contribution in [1.82, 2.24) is 0 Å². The molecule has 0 atom stereocenters. The van der Waals surface area contributed by atoms with Crippen LogP contribution in [0.1, 0.15) is 11.1 Å². The van der Waals surface area contributed by atoms with E-state index in [9.17, 15) is 0 Å². The van der Waals surface area contributed by atoms with Gasteiger partial charge in [-0.1, -0.05) is 17.7 Å². The first kappa shape index (κ1) is 14.4. The normalized spacial score (nSPS) is 15.0. The van der Waals surface area contributed by atoms with Crippen LogP contribution in [0.3, 0.4) is 0 Å². The standard InChI is InChI=1S/C16H13ClNO2.BrH/c17-13-2-1-3-14(8-13)18-5-4-11-6-15-16(20-10-19-15)7-12(11)9-18;/h1-3,6-9H,4-5,10H2;1H/q+1;/p-1. The van der Waals surface area contributed by atoms with Crippen molar-refractivity contribution in [2.45, 2.75) is 6.42 Å². The maximum absolute atomic E-state index is 6.06. The molecule has 5 heteroatoms. The molecule has 0 saturated carbocycles. The van der Waals surface area contributed by atoms with Gasteiger partial charge in [0, 0.05) is 29.1 Å². The molecule has 0 spiro atoms. The van der Waals surface area contributed by atoms with Crippen LogP contribution in [0.5, 0.6) is 11.5 Å². The predicted octanol–water partition coefficient (Wildman–Crippen LogP) is 0.392. The topological polar surface area (TPSA) is 21.5 Å². The molecule has 21 heavy (non-hydrogen) atoms. The molecule has 0 bridgehead atoms. The Labute approximate surface area is 138 Å². The predicted molar refractivity (Wildman–Crippen MR) is 77.7 cm³/mol. The summed E-state index contributed by atoms with van der Waals surface area (Å²) in [5.41, 5.74) is 3.59. The lowest BCUT2D eigenvalue weighted by molar-refractivity contribution is -0.436. The molecule has 3 nitrogen and oxygen atoms in total. The third-order valence-electron chi connectivity index (χ3n) is 3.69. The van der Waals surface area contributed by atoms with Crippen molar-refractivity contribution in [3.8, 4) is 11.5 Å². The van der Waals surface area contributed by atoms with Crippen molar-refractivity contribution >= 4 is 23.5 Å². The van der Waals surface area contributed by atoms with Crippen LogP contribution in [0.25, 0.3) is 0 Å². The molecular formula is C16H13BrClNO2. The summed E-state index contributed by atoms with van der Waals surface area (Å²) in [5.74, 6) is 1.68. The molecule has 0 unspecified atom stereocenters. The van der Waals surface area contributed by atoms with Crippen LogP contribution in [0.15, 0.2) is 36.4 Å². The Balaban J connectivity index is 0.00000132. The molecule has 0 amide bonds. The van der Waals surface area contributed by atoms with Crippen molar-refractivity contribution in [3.63, 3.8) is 0 Å². The zero-order valence-corrected chi connectivity index (χ0v) is 13.5. The molecule has 0 N–H and O–H groups in total. The zero-order chi connectivity index (χ0) is 13.5. The minimum atomic E-state index is 0. The Bertz CT molecular complexity index is 730. The van der Waals surface area contributed by atoms with Gasteiger partial charge in [0.2, 0.25) is 12.5 Å². The van der Waals surface area contributed by atoms with E-state index in [0.717, 1.165) is 35.2 Å². The molecule has 4 rings (SSSR count). The number of hydrogen-bond donors (Lipinski definition) is 0.